The second kappa shape index (κ2) is 5.97. The molecule has 0 bridgehead atoms. The number of aryl methyl sites for hydroxylation is 1. The average molecular weight is 304 g/mol. The maximum Gasteiger partial charge on any atom is 0.256 e. The van der Waals surface area contributed by atoms with Crippen molar-refractivity contribution in [1.29, 1.82) is 0 Å². The summed E-state index contributed by atoms with van der Waals surface area (Å²) < 4.78 is 11.4. The molecular formula is C17H24N2O3. The van der Waals surface area contributed by atoms with Gasteiger partial charge in [0.15, 0.2) is 0 Å². The van der Waals surface area contributed by atoms with Crippen LogP contribution < -0.4 is 0 Å². The van der Waals surface area contributed by atoms with Crippen molar-refractivity contribution in [3.8, 4) is 0 Å². The van der Waals surface area contributed by atoms with Crippen LogP contribution in [-0.2, 0) is 9.47 Å². The molecule has 3 atom stereocenters. The van der Waals surface area contributed by atoms with E-state index in [9.17, 15) is 4.79 Å². The Morgan fingerprint density at radius 2 is 2.23 bits per heavy atom. The highest BCUT2D eigenvalue weighted by molar-refractivity contribution is 5.95. The third-order valence-electron chi connectivity index (χ3n) is 5.37. The van der Waals surface area contributed by atoms with Crippen LogP contribution in [0.4, 0.5) is 0 Å². The number of rotatable bonds is 3. The summed E-state index contributed by atoms with van der Waals surface area (Å²) in [6, 6.07) is 3.76. The minimum absolute atomic E-state index is 0.0614. The summed E-state index contributed by atoms with van der Waals surface area (Å²) in [6.07, 6.45) is 5.61. The zero-order valence-electron chi connectivity index (χ0n) is 13.5. The number of ether oxygens (including phenoxy) is 2. The van der Waals surface area contributed by atoms with Crippen LogP contribution in [0, 0.1) is 6.92 Å². The Labute approximate surface area is 131 Å². The van der Waals surface area contributed by atoms with Crippen molar-refractivity contribution in [2.75, 3.05) is 20.8 Å². The van der Waals surface area contributed by atoms with E-state index >= 15 is 0 Å². The van der Waals surface area contributed by atoms with Crippen LogP contribution in [0.2, 0.25) is 0 Å². The van der Waals surface area contributed by atoms with Gasteiger partial charge in [0.1, 0.15) is 0 Å². The molecule has 1 saturated carbocycles. The first-order valence-electron chi connectivity index (χ1n) is 7.92. The fourth-order valence-corrected chi connectivity index (χ4v) is 3.98. The minimum atomic E-state index is -0.208. The summed E-state index contributed by atoms with van der Waals surface area (Å²) in [5, 5.41) is 0. The van der Waals surface area contributed by atoms with Crippen LogP contribution in [-0.4, -0.2) is 54.3 Å². The van der Waals surface area contributed by atoms with Crippen molar-refractivity contribution in [1.82, 2.24) is 9.88 Å². The molecule has 1 aliphatic carbocycles. The predicted molar refractivity (Wildman–Crippen MR) is 82.8 cm³/mol. The van der Waals surface area contributed by atoms with E-state index in [1.54, 1.807) is 20.4 Å². The number of hydrogen-bond acceptors (Lipinski definition) is 4. The molecule has 1 aromatic rings. The van der Waals surface area contributed by atoms with Gasteiger partial charge in [0.2, 0.25) is 0 Å². The Morgan fingerprint density at radius 3 is 2.91 bits per heavy atom. The van der Waals surface area contributed by atoms with Gasteiger partial charge in [-0.1, -0.05) is 0 Å². The smallest absolute Gasteiger partial charge is 0.256 e. The number of carbonyl (C=O) groups is 1. The molecule has 120 valence electrons. The zero-order valence-corrected chi connectivity index (χ0v) is 13.5. The summed E-state index contributed by atoms with van der Waals surface area (Å²) in [7, 11) is 3.51. The second-order valence-corrected chi connectivity index (χ2v) is 6.30. The van der Waals surface area contributed by atoms with E-state index in [0.717, 1.165) is 37.9 Å². The van der Waals surface area contributed by atoms with Crippen LogP contribution in [0.5, 0.6) is 0 Å². The molecule has 0 aromatic carbocycles. The van der Waals surface area contributed by atoms with Gasteiger partial charge in [-0.2, -0.15) is 0 Å². The normalized spacial score (nSPS) is 31.1. The number of fused-ring (bicyclic) bond motifs is 1. The van der Waals surface area contributed by atoms with Gasteiger partial charge < -0.3 is 14.4 Å². The highest BCUT2D eigenvalue weighted by atomic mass is 16.5. The maximum absolute atomic E-state index is 13.0. The van der Waals surface area contributed by atoms with E-state index in [-0.39, 0.29) is 23.7 Å². The van der Waals surface area contributed by atoms with Crippen molar-refractivity contribution in [2.45, 2.75) is 50.4 Å². The molecule has 2 fully saturated rings. The van der Waals surface area contributed by atoms with Crippen molar-refractivity contribution in [3.05, 3.63) is 29.6 Å². The highest BCUT2D eigenvalue weighted by Crippen LogP contribution is 2.43. The molecule has 5 nitrogen and oxygen atoms in total. The molecule has 0 radical (unpaired) electrons. The van der Waals surface area contributed by atoms with Gasteiger partial charge in [-0.25, -0.2) is 0 Å². The van der Waals surface area contributed by atoms with E-state index < -0.39 is 0 Å². The lowest BCUT2D eigenvalue weighted by molar-refractivity contribution is -0.0893. The largest absolute Gasteiger partial charge is 0.381 e. The Kier molecular flexibility index (Phi) is 4.19. The fraction of sp³-hybridized carbons (Fsp3) is 0.647. The number of amides is 1. The molecule has 2 aliphatic rings. The molecular weight excluding hydrogens is 280 g/mol. The summed E-state index contributed by atoms with van der Waals surface area (Å²) in [5.74, 6) is 0.0614. The lowest BCUT2D eigenvalue weighted by atomic mass is 9.79. The minimum Gasteiger partial charge on any atom is -0.381 e. The van der Waals surface area contributed by atoms with Crippen molar-refractivity contribution in [3.63, 3.8) is 0 Å². The van der Waals surface area contributed by atoms with Crippen LogP contribution in [0.15, 0.2) is 18.3 Å². The van der Waals surface area contributed by atoms with Crippen molar-refractivity contribution >= 4 is 5.91 Å². The molecule has 0 N–H and O–H groups in total. The van der Waals surface area contributed by atoms with Gasteiger partial charge in [-0.05, 0) is 44.7 Å². The molecule has 1 aromatic heterocycles. The molecule has 0 unspecified atom stereocenters. The molecule has 22 heavy (non-hydrogen) atoms. The number of carbonyl (C=O) groups excluding carboxylic acids is 1. The first-order chi connectivity index (χ1) is 10.6. The van der Waals surface area contributed by atoms with Crippen LogP contribution in [0.3, 0.4) is 0 Å². The number of pyridine rings is 1. The molecule has 1 amide bonds. The summed E-state index contributed by atoms with van der Waals surface area (Å²) in [5.41, 5.74) is 1.26. The molecule has 0 spiro atoms. The molecule has 3 rings (SSSR count). The monoisotopic (exact) mass is 304 g/mol. The molecule has 1 saturated heterocycles. The van der Waals surface area contributed by atoms with E-state index in [0.29, 0.717) is 5.56 Å². The molecule has 2 heterocycles. The zero-order chi connectivity index (χ0) is 15.7. The van der Waals surface area contributed by atoms with E-state index in [1.807, 2.05) is 24.0 Å². The van der Waals surface area contributed by atoms with E-state index in [4.69, 9.17) is 9.47 Å². The maximum atomic E-state index is 13.0. The summed E-state index contributed by atoms with van der Waals surface area (Å²) >= 11 is 0. The van der Waals surface area contributed by atoms with Gasteiger partial charge >= 0.3 is 0 Å². The van der Waals surface area contributed by atoms with Crippen LogP contribution >= 0.6 is 0 Å². The quantitative estimate of drug-likeness (QED) is 0.859. The molecule has 1 aliphatic heterocycles. The Hall–Kier alpha value is -1.46. The van der Waals surface area contributed by atoms with Gasteiger partial charge in [0.25, 0.3) is 5.91 Å². The number of hydrogen-bond donors (Lipinski definition) is 0. The highest BCUT2D eigenvalue weighted by Gasteiger charge is 2.52. The third-order valence-corrected chi connectivity index (χ3v) is 5.37. The number of likely N-dealkylation sites (tertiary alicyclic amines) is 1. The average Bonchev–Trinajstić information content (AvgIpc) is 2.93. The van der Waals surface area contributed by atoms with Crippen LogP contribution in [0.1, 0.15) is 41.7 Å². The predicted octanol–water partition coefficient (Wildman–Crippen LogP) is 2.19. The van der Waals surface area contributed by atoms with E-state index in [1.165, 1.54) is 0 Å². The first-order valence-corrected chi connectivity index (χ1v) is 7.92. The lowest BCUT2D eigenvalue weighted by Gasteiger charge is -2.43. The summed E-state index contributed by atoms with van der Waals surface area (Å²) in [6.45, 7) is 2.62. The van der Waals surface area contributed by atoms with E-state index in [2.05, 4.69) is 4.98 Å². The van der Waals surface area contributed by atoms with Gasteiger partial charge in [0.05, 0.1) is 23.3 Å². The number of methoxy groups -OCH3 is 2. The number of nitrogens with zero attached hydrogens (tertiary/aromatic N) is 2. The summed E-state index contributed by atoms with van der Waals surface area (Å²) in [4.78, 5) is 19.2. The Balaban J connectivity index is 1.88. The second-order valence-electron chi connectivity index (χ2n) is 6.30. The van der Waals surface area contributed by atoms with Gasteiger partial charge in [-0.15, -0.1) is 0 Å². The topological polar surface area (TPSA) is 51.7 Å². The fourth-order valence-electron chi connectivity index (χ4n) is 3.98. The Morgan fingerprint density at radius 1 is 1.41 bits per heavy atom. The Bertz CT molecular complexity index is 563. The van der Waals surface area contributed by atoms with Crippen LogP contribution in [0.25, 0.3) is 0 Å². The van der Waals surface area contributed by atoms with Gasteiger partial charge in [0, 0.05) is 32.7 Å². The lowest BCUT2D eigenvalue weighted by Crippen LogP contribution is -2.53. The molecule has 5 heteroatoms. The van der Waals surface area contributed by atoms with Crippen molar-refractivity contribution in [2.24, 2.45) is 0 Å². The van der Waals surface area contributed by atoms with Gasteiger partial charge in [-0.3, -0.25) is 9.78 Å². The standard InChI is InChI=1S/C17H24N2O3/c1-12-14(5-4-9-18-12)16(20)19-10-8-17(22-3)7-6-13(21-2)11-15(17)19/h4-5,9,13,15H,6-8,10-11H2,1-3H3/t13-,15-,17+/m0/s1. The van der Waals surface area contributed by atoms with Crippen molar-refractivity contribution < 1.29 is 14.3 Å². The third kappa shape index (κ3) is 2.42. The number of aromatic nitrogens is 1. The SMILES string of the molecule is CO[C@H]1CC[C@@]2(OC)CCN(C(=O)c3cccnc3C)[C@H]2C1. The first kappa shape index (κ1) is 15.4.